The van der Waals surface area contributed by atoms with Crippen molar-refractivity contribution in [2.75, 3.05) is 14.2 Å². The maximum Gasteiger partial charge on any atom is 0.449 e. The molecule has 0 unspecified atom stereocenters. The van der Waals surface area contributed by atoms with Gasteiger partial charge < -0.3 is 14.5 Å². The number of aromatic amines is 1. The first-order valence-corrected chi connectivity index (χ1v) is 6.17. The zero-order valence-corrected chi connectivity index (χ0v) is 11.9. The van der Waals surface area contributed by atoms with Gasteiger partial charge >= 0.3 is 6.18 Å². The van der Waals surface area contributed by atoms with Gasteiger partial charge in [0.05, 0.1) is 25.5 Å². The van der Waals surface area contributed by atoms with Crippen LogP contribution in [0.2, 0.25) is 0 Å². The summed E-state index contributed by atoms with van der Waals surface area (Å²) in [5.74, 6) is -0.448. The molecule has 0 spiro atoms. The molecule has 2 aromatic rings. The lowest BCUT2D eigenvalue weighted by Crippen LogP contribution is -2.12. The summed E-state index contributed by atoms with van der Waals surface area (Å²) in [6.07, 6.45) is -4.63. The van der Waals surface area contributed by atoms with Gasteiger partial charge in [0.1, 0.15) is 16.1 Å². The topological polar surface area (TPSA) is 47.1 Å². The van der Waals surface area contributed by atoms with Crippen molar-refractivity contribution in [2.24, 2.45) is 0 Å². The number of hydrogen-bond donors (Lipinski definition) is 1. The summed E-state index contributed by atoms with van der Waals surface area (Å²) in [5, 5.41) is 0. The number of nitrogens with zero attached hydrogens (tertiary/aromatic N) is 1. The van der Waals surface area contributed by atoms with Crippen LogP contribution in [-0.2, 0) is 6.18 Å². The van der Waals surface area contributed by atoms with Crippen molar-refractivity contribution in [3.63, 3.8) is 0 Å². The largest absolute Gasteiger partial charge is 0.496 e. The Labute approximate surface area is 123 Å². The van der Waals surface area contributed by atoms with Gasteiger partial charge in [-0.05, 0) is 18.2 Å². The third-order valence-electron chi connectivity index (χ3n) is 2.71. The van der Waals surface area contributed by atoms with Gasteiger partial charge in [0, 0.05) is 0 Å². The molecule has 1 aromatic carbocycles. The SMILES string of the molecule is COc1cccc(OC)c1-c1cc(=S)nc(C(F)(F)F)[nH]1. The summed E-state index contributed by atoms with van der Waals surface area (Å²) in [5.41, 5.74) is 0.470. The van der Waals surface area contributed by atoms with E-state index in [-0.39, 0.29) is 10.3 Å². The fraction of sp³-hybridized carbons (Fsp3) is 0.231. The molecule has 21 heavy (non-hydrogen) atoms. The number of nitrogens with one attached hydrogen (secondary N) is 1. The Morgan fingerprint density at radius 2 is 1.71 bits per heavy atom. The number of benzene rings is 1. The lowest BCUT2D eigenvalue weighted by molar-refractivity contribution is -0.145. The highest BCUT2D eigenvalue weighted by molar-refractivity contribution is 7.71. The second-order valence-corrected chi connectivity index (χ2v) is 4.44. The summed E-state index contributed by atoms with van der Waals surface area (Å²) in [6.45, 7) is 0. The van der Waals surface area contributed by atoms with Crippen LogP contribution in [0.3, 0.4) is 0 Å². The van der Waals surface area contributed by atoms with E-state index in [2.05, 4.69) is 9.97 Å². The van der Waals surface area contributed by atoms with E-state index in [1.165, 1.54) is 20.3 Å². The van der Waals surface area contributed by atoms with Crippen molar-refractivity contribution in [1.82, 2.24) is 9.97 Å². The molecular weight excluding hydrogens is 305 g/mol. The molecule has 4 nitrogen and oxygen atoms in total. The van der Waals surface area contributed by atoms with Gasteiger partial charge in [0.2, 0.25) is 5.82 Å². The molecule has 0 saturated carbocycles. The monoisotopic (exact) mass is 316 g/mol. The van der Waals surface area contributed by atoms with E-state index in [1.54, 1.807) is 18.2 Å². The Hall–Kier alpha value is -2.09. The molecule has 112 valence electrons. The van der Waals surface area contributed by atoms with E-state index in [1.807, 2.05) is 0 Å². The van der Waals surface area contributed by atoms with Crippen molar-refractivity contribution in [3.05, 3.63) is 34.7 Å². The van der Waals surface area contributed by atoms with Crippen molar-refractivity contribution >= 4 is 12.2 Å². The standard InChI is InChI=1S/C13H11F3N2O2S/c1-19-8-4-3-5-9(20-2)11(8)7-6-10(21)18-12(17-7)13(14,15)16/h3-6H,1-2H3,(H,17,18,21). The number of alkyl halides is 3. The Bertz CT molecular complexity index is 691. The molecule has 2 rings (SSSR count). The van der Waals surface area contributed by atoms with Gasteiger partial charge in [-0.2, -0.15) is 13.2 Å². The van der Waals surface area contributed by atoms with Gasteiger partial charge in [0.15, 0.2) is 0 Å². The molecular formula is C13H11F3N2O2S. The zero-order valence-electron chi connectivity index (χ0n) is 11.1. The first-order chi connectivity index (χ1) is 9.86. The molecule has 0 saturated heterocycles. The molecule has 0 fully saturated rings. The minimum Gasteiger partial charge on any atom is -0.496 e. The average Bonchev–Trinajstić information content (AvgIpc) is 2.44. The molecule has 0 aliphatic rings. The first kappa shape index (κ1) is 15.3. The summed E-state index contributed by atoms with van der Waals surface area (Å²) in [4.78, 5) is 5.52. The molecule has 1 N–H and O–H groups in total. The zero-order chi connectivity index (χ0) is 15.6. The minimum absolute atomic E-state index is 0.122. The van der Waals surface area contributed by atoms with Crippen LogP contribution in [-0.4, -0.2) is 24.2 Å². The lowest BCUT2D eigenvalue weighted by Gasteiger charge is -2.14. The van der Waals surface area contributed by atoms with Crippen molar-refractivity contribution in [3.8, 4) is 22.8 Å². The number of hydrogen-bond acceptors (Lipinski definition) is 4. The summed E-state index contributed by atoms with van der Waals surface area (Å²) in [7, 11) is 2.83. The maximum atomic E-state index is 12.8. The van der Waals surface area contributed by atoms with Crippen LogP contribution in [0.15, 0.2) is 24.3 Å². The van der Waals surface area contributed by atoms with Crippen LogP contribution in [0.5, 0.6) is 11.5 Å². The fourth-order valence-electron chi connectivity index (χ4n) is 1.84. The van der Waals surface area contributed by atoms with Gasteiger partial charge in [-0.1, -0.05) is 18.3 Å². The maximum absolute atomic E-state index is 12.8. The van der Waals surface area contributed by atoms with Crippen LogP contribution in [0.1, 0.15) is 5.82 Å². The first-order valence-electron chi connectivity index (χ1n) is 5.76. The van der Waals surface area contributed by atoms with Gasteiger partial charge in [0.25, 0.3) is 0 Å². The summed E-state index contributed by atoms with van der Waals surface area (Å²) >= 11 is 4.80. The number of rotatable bonds is 3. The summed E-state index contributed by atoms with van der Waals surface area (Å²) in [6, 6.07) is 6.22. The van der Waals surface area contributed by atoms with E-state index >= 15 is 0 Å². The second-order valence-electron chi connectivity index (χ2n) is 4.02. The quantitative estimate of drug-likeness (QED) is 0.874. The molecule has 0 amide bonds. The predicted molar refractivity (Wildman–Crippen MR) is 73.0 cm³/mol. The van der Waals surface area contributed by atoms with E-state index in [9.17, 15) is 13.2 Å². The van der Waals surface area contributed by atoms with Crippen molar-refractivity contribution < 1.29 is 22.6 Å². The van der Waals surface area contributed by atoms with Gasteiger partial charge in [-0.3, -0.25) is 0 Å². The second kappa shape index (κ2) is 5.72. The van der Waals surface area contributed by atoms with Gasteiger partial charge in [-0.15, -0.1) is 0 Å². The molecule has 0 aliphatic carbocycles. The Morgan fingerprint density at radius 1 is 1.14 bits per heavy atom. The summed E-state index contributed by atoms with van der Waals surface area (Å²) < 4.78 is 48.6. The third-order valence-corrected chi connectivity index (χ3v) is 2.92. The fourth-order valence-corrected chi connectivity index (χ4v) is 2.05. The highest BCUT2D eigenvalue weighted by atomic mass is 32.1. The van der Waals surface area contributed by atoms with Crippen LogP contribution in [0, 0.1) is 4.64 Å². The number of H-pyrrole nitrogens is 1. The van der Waals surface area contributed by atoms with E-state index in [0.717, 1.165) is 0 Å². The van der Waals surface area contributed by atoms with E-state index in [0.29, 0.717) is 17.1 Å². The number of ether oxygens (including phenoxy) is 2. The van der Waals surface area contributed by atoms with Crippen LogP contribution in [0.4, 0.5) is 13.2 Å². The van der Waals surface area contributed by atoms with Gasteiger partial charge in [-0.25, -0.2) is 4.98 Å². The lowest BCUT2D eigenvalue weighted by atomic mass is 10.1. The number of methoxy groups -OCH3 is 2. The normalized spacial score (nSPS) is 11.3. The molecule has 0 radical (unpaired) electrons. The highest BCUT2D eigenvalue weighted by Crippen LogP contribution is 2.38. The third kappa shape index (κ3) is 3.15. The number of halogens is 3. The molecule has 0 bridgehead atoms. The Kier molecular flexibility index (Phi) is 4.17. The smallest absolute Gasteiger partial charge is 0.449 e. The van der Waals surface area contributed by atoms with E-state index < -0.39 is 12.0 Å². The van der Waals surface area contributed by atoms with Crippen molar-refractivity contribution in [1.29, 1.82) is 0 Å². The van der Waals surface area contributed by atoms with E-state index in [4.69, 9.17) is 21.7 Å². The minimum atomic E-state index is -4.63. The van der Waals surface area contributed by atoms with Crippen LogP contribution >= 0.6 is 12.2 Å². The molecule has 1 heterocycles. The molecule has 0 atom stereocenters. The number of aromatic nitrogens is 2. The molecule has 1 aromatic heterocycles. The Morgan fingerprint density at radius 3 is 2.19 bits per heavy atom. The predicted octanol–water partition coefficient (Wildman–Crippen LogP) is 3.84. The highest BCUT2D eigenvalue weighted by Gasteiger charge is 2.34. The van der Waals surface area contributed by atoms with Crippen molar-refractivity contribution in [2.45, 2.75) is 6.18 Å². The average molecular weight is 316 g/mol. The van der Waals surface area contributed by atoms with Crippen LogP contribution in [0.25, 0.3) is 11.3 Å². The molecule has 8 heteroatoms. The van der Waals surface area contributed by atoms with Crippen LogP contribution < -0.4 is 9.47 Å². The molecule has 0 aliphatic heterocycles. The Balaban J connectivity index is 2.73.